The van der Waals surface area contributed by atoms with Gasteiger partial charge in [0.2, 0.25) is 0 Å². The van der Waals surface area contributed by atoms with Gasteiger partial charge in [0.05, 0.1) is 0 Å². The van der Waals surface area contributed by atoms with Gasteiger partial charge in [0.15, 0.2) is 6.10 Å². The Morgan fingerprint density at radius 2 is 0.600 bits per heavy atom. The maximum Gasteiger partial charge on any atom is 0.306 e. The number of esters is 3. The van der Waals surface area contributed by atoms with Crippen LogP contribution in [0, 0.1) is 0 Å². The summed E-state index contributed by atoms with van der Waals surface area (Å²) in [5.74, 6) is -0.985. The van der Waals surface area contributed by atoms with Gasteiger partial charge in [0, 0.05) is 19.3 Å². The van der Waals surface area contributed by atoms with Gasteiger partial charge in [-0.05, 0) is 57.8 Å². The largest absolute Gasteiger partial charge is 0.462 e. The average Bonchev–Trinajstić information content (AvgIpc) is 3.30. The molecular weight excluding hydrogens is 805 g/mol. The standard InChI is InChI=1S/C59H102O6/c1-4-7-10-13-16-19-21-23-25-27-29-31-32-34-36-38-40-43-46-49-52-58(61)64-55-56(54-63-57(60)51-48-45-42-18-15-12-9-6-3)65-59(62)53-50-47-44-41-39-37-35-33-30-28-26-24-22-20-17-14-11-8-5-2/h8,11,17,20,24,26,30,33,37,39,44,47,56H,4-7,9-10,12-16,18-19,21-23,25,27-29,31-32,34-36,38,40-43,45-46,48-55H2,1-3H3/b11-8-,20-17-,26-24-,33-30-,39-37-,47-44-. The molecule has 65 heavy (non-hydrogen) atoms. The van der Waals surface area contributed by atoms with Gasteiger partial charge in [0.1, 0.15) is 13.2 Å². The first kappa shape index (κ1) is 61.9. The van der Waals surface area contributed by atoms with Gasteiger partial charge in [-0.2, -0.15) is 0 Å². The summed E-state index contributed by atoms with van der Waals surface area (Å²) in [6, 6.07) is 0. The molecule has 6 nitrogen and oxygen atoms in total. The van der Waals surface area contributed by atoms with Crippen molar-refractivity contribution in [3.63, 3.8) is 0 Å². The SMILES string of the molecule is CC/C=C\C/C=C\C/C=C\C/C=C\C/C=C\C/C=C\CCC(=O)OC(COC(=O)CCCCCCCCCC)COC(=O)CCCCCCCCCCCCCCCCCCCCCC. The fourth-order valence-electron chi connectivity index (χ4n) is 7.65. The Labute approximate surface area is 402 Å². The van der Waals surface area contributed by atoms with Gasteiger partial charge in [-0.15, -0.1) is 0 Å². The molecule has 0 aliphatic heterocycles. The van der Waals surface area contributed by atoms with Crippen LogP contribution in [0.2, 0.25) is 0 Å². The first-order chi connectivity index (χ1) is 32.0. The van der Waals surface area contributed by atoms with Gasteiger partial charge in [-0.1, -0.05) is 261 Å². The zero-order chi connectivity index (χ0) is 47.2. The molecule has 0 heterocycles. The van der Waals surface area contributed by atoms with Gasteiger partial charge < -0.3 is 14.2 Å². The van der Waals surface area contributed by atoms with E-state index in [9.17, 15) is 14.4 Å². The number of ether oxygens (including phenoxy) is 3. The Kier molecular flexibility index (Phi) is 50.9. The molecule has 1 unspecified atom stereocenters. The van der Waals surface area contributed by atoms with E-state index in [1.165, 1.54) is 141 Å². The molecule has 1 atom stereocenters. The van der Waals surface area contributed by atoms with E-state index in [0.717, 1.165) is 77.0 Å². The molecule has 0 aliphatic carbocycles. The first-order valence-corrected chi connectivity index (χ1v) is 27.4. The van der Waals surface area contributed by atoms with Crippen molar-refractivity contribution < 1.29 is 28.6 Å². The summed E-state index contributed by atoms with van der Waals surface area (Å²) in [5, 5.41) is 0. The van der Waals surface area contributed by atoms with Crippen LogP contribution in [0.1, 0.15) is 265 Å². The summed E-state index contributed by atoms with van der Waals surface area (Å²) in [6.45, 7) is 6.45. The topological polar surface area (TPSA) is 78.9 Å². The van der Waals surface area contributed by atoms with Crippen LogP contribution in [0.15, 0.2) is 72.9 Å². The smallest absolute Gasteiger partial charge is 0.306 e. The van der Waals surface area contributed by atoms with Crippen LogP contribution in [0.4, 0.5) is 0 Å². The number of hydrogen-bond acceptors (Lipinski definition) is 6. The molecule has 0 bridgehead atoms. The van der Waals surface area contributed by atoms with Crippen molar-refractivity contribution in [3.05, 3.63) is 72.9 Å². The van der Waals surface area contributed by atoms with E-state index in [-0.39, 0.29) is 31.6 Å². The van der Waals surface area contributed by atoms with Gasteiger partial charge in [-0.3, -0.25) is 14.4 Å². The molecule has 0 spiro atoms. The number of carbonyl (C=O) groups is 3. The zero-order valence-electron chi connectivity index (χ0n) is 42.7. The average molecular weight is 907 g/mol. The second kappa shape index (κ2) is 53.5. The van der Waals surface area contributed by atoms with Crippen LogP contribution in [0.3, 0.4) is 0 Å². The molecule has 0 aliphatic rings. The second-order valence-corrected chi connectivity index (χ2v) is 18.1. The van der Waals surface area contributed by atoms with E-state index in [4.69, 9.17) is 14.2 Å². The number of allylic oxidation sites excluding steroid dienone is 12. The Balaban J connectivity index is 4.34. The lowest BCUT2D eigenvalue weighted by atomic mass is 10.0. The van der Waals surface area contributed by atoms with Crippen LogP contribution < -0.4 is 0 Å². The summed E-state index contributed by atoms with van der Waals surface area (Å²) < 4.78 is 16.7. The number of rotatable bonds is 49. The molecule has 0 saturated carbocycles. The van der Waals surface area contributed by atoms with Crippen molar-refractivity contribution in [1.29, 1.82) is 0 Å². The highest BCUT2D eigenvalue weighted by Gasteiger charge is 2.19. The van der Waals surface area contributed by atoms with E-state index < -0.39 is 12.1 Å². The Bertz CT molecular complexity index is 1230. The van der Waals surface area contributed by atoms with Crippen molar-refractivity contribution >= 4 is 17.9 Å². The van der Waals surface area contributed by atoms with E-state index in [1.54, 1.807) is 0 Å². The van der Waals surface area contributed by atoms with Crippen molar-refractivity contribution in [2.24, 2.45) is 0 Å². The molecule has 0 aromatic heterocycles. The maximum absolute atomic E-state index is 12.8. The van der Waals surface area contributed by atoms with E-state index >= 15 is 0 Å². The Morgan fingerprint density at radius 1 is 0.323 bits per heavy atom. The monoisotopic (exact) mass is 907 g/mol. The summed E-state index contributed by atoms with van der Waals surface area (Å²) in [6.07, 6.45) is 67.8. The maximum atomic E-state index is 12.8. The lowest BCUT2D eigenvalue weighted by molar-refractivity contribution is -0.166. The van der Waals surface area contributed by atoms with Crippen LogP contribution in [-0.2, 0) is 28.6 Å². The van der Waals surface area contributed by atoms with Crippen LogP contribution in [-0.4, -0.2) is 37.2 Å². The Morgan fingerprint density at radius 3 is 0.908 bits per heavy atom. The van der Waals surface area contributed by atoms with Crippen LogP contribution in [0.5, 0.6) is 0 Å². The fraction of sp³-hybridized carbons (Fsp3) is 0.746. The van der Waals surface area contributed by atoms with Crippen molar-refractivity contribution in [2.75, 3.05) is 13.2 Å². The van der Waals surface area contributed by atoms with Crippen molar-refractivity contribution in [1.82, 2.24) is 0 Å². The highest BCUT2D eigenvalue weighted by atomic mass is 16.6. The molecule has 0 fully saturated rings. The molecular formula is C59H102O6. The zero-order valence-corrected chi connectivity index (χ0v) is 42.7. The third-order valence-corrected chi connectivity index (χ3v) is 11.7. The van der Waals surface area contributed by atoms with Gasteiger partial charge in [-0.25, -0.2) is 0 Å². The summed E-state index contributed by atoms with van der Waals surface area (Å²) in [7, 11) is 0. The fourth-order valence-corrected chi connectivity index (χ4v) is 7.65. The third-order valence-electron chi connectivity index (χ3n) is 11.7. The highest BCUT2D eigenvalue weighted by Crippen LogP contribution is 2.16. The summed E-state index contributed by atoms with van der Waals surface area (Å²) in [4.78, 5) is 37.9. The van der Waals surface area contributed by atoms with E-state index in [2.05, 4.69) is 87.6 Å². The number of unbranched alkanes of at least 4 members (excludes halogenated alkanes) is 26. The number of carbonyl (C=O) groups excluding carboxylic acids is 3. The predicted octanol–water partition coefficient (Wildman–Crippen LogP) is 18.2. The molecule has 0 aromatic carbocycles. The first-order valence-electron chi connectivity index (χ1n) is 27.4. The molecule has 374 valence electrons. The Hall–Kier alpha value is -3.15. The second-order valence-electron chi connectivity index (χ2n) is 18.1. The molecule has 6 heteroatoms. The minimum Gasteiger partial charge on any atom is -0.462 e. The van der Waals surface area contributed by atoms with Gasteiger partial charge >= 0.3 is 17.9 Å². The summed E-state index contributed by atoms with van der Waals surface area (Å²) in [5.41, 5.74) is 0. The molecule has 0 N–H and O–H groups in total. The highest BCUT2D eigenvalue weighted by molar-refractivity contribution is 5.71. The van der Waals surface area contributed by atoms with Crippen molar-refractivity contribution in [2.45, 2.75) is 271 Å². The van der Waals surface area contributed by atoms with E-state index in [1.807, 2.05) is 6.08 Å². The molecule has 0 aromatic rings. The van der Waals surface area contributed by atoms with Crippen molar-refractivity contribution in [3.8, 4) is 0 Å². The summed E-state index contributed by atoms with van der Waals surface area (Å²) >= 11 is 0. The van der Waals surface area contributed by atoms with E-state index in [0.29, 0.717) is 19.3 Å². The minimum atomic E-state index is -0.811. The van der Waals surface area contributed by atoms with Gasteiger partial charge in [0.25, 0.3) is 0 Å². The number of hydrogen-bond donors (Lipinski definition) is 0. The molecule has 0 rings (SSSR count). The molecule has 0 saturated heterocycles. The predicted molar refractivity (Wildman–Crippen MR) is 279 cm³/mol. The molecule has 0 radical (unpaired) electrons. The van der Waals surface area contributed by atoms with Crippen LogP contribution in [0.25, 0.3) is 0 Å². The minimum absolute atomic E-state index is 0.102. The lowest BCUT2D eigenvalue weighted by Crippen LogP contribution is -2.30. The third kappa shape index (κ3) is 51.7. The van der Waals surface area contributed by atoms with Crippen LogP contribution >= 0.6 is 0 Å². The lowest BCUT2D eigenvalue weighted by Gasteiger charge is -2.18. The molecule has 0 amide bonds. The normalized spacial score (nSPS) is 12.6. The quantitative estimate of drug-likeness (QED) is 0.0262.